The molecule has 1 heterocycles. The molecule has 2 aromatic rings. The Labute approximate surface area is 97.0 Å². The van der Waals surface area contributed by atoms with Gasteiger partial charge in [0.1, 0.15) is 16.8 Å². The highest BCUT2D eigenvalue weighted by Gasteiger charge is 2.10. The van der Waals surface area contributed by atoms with E-state index >= 15 is 0 Å². The molecule has 0 fully saturated rings. The summed E-state index contributed by atoms with van der Waals surface area (Å²) in [7, 11) is 2.00. The first-order valence-electron chi connectivity index (χ1n) is 3.30. The molecule has 2 rings (SSSR count). The number of para-hydroxylation sites is 1. The molecule has 0 bridgehead atoms. The fourth-order valence-corrected chi connectivity index (χ4v) is 2.39. The van der Waals surface area contributed by atoms with Gasteiger partial charge in [-0.15, -0.1) is 0 Å². The molecule has 0 spiro atoms. The number of rotatable bonds is 0. The lowest BCUT2D eigenvalue weighted by molar-refractivity contribution is -0.640. The predicted molar refractivity (Wildman–Crippen MR) is 48.0 cm³/mol. The quantitative estimate of drug-likeness (QED) is 0.451. The molecule has 0 aliphatic heterocycles. The summed E-state index contributed by atoms with van der Waals surface area (Å²) < 4.78 is 3.28. The molecule has 0 saturated carbocycles. The van der Waals surface area contributed by atoms with Crippen LogP contribution in [0.4, 0.5) is 0 Å². The van der Waals surface area contributed by atoms with E-state index in [1.165, 1.54) is 4.70 Å². The highest BCUT2D eigenvalue weighted by molar-refractivity contribution is 7.16. The molecular formula is C8H7ClINS. The Kier molecular flexibility index (Phi) is 3.31. The number of nitrogens with zero attached hydrogens (tertiary/aromatic N) is 1. The van der Waals surface area contributed by atoms with Crippen LogP contribution in [-0.2, 0) is 7.05 Å². The maximum atomic E-state index is 5.99. The summed E-state index contributed by atoms with van der Waals surface area (Å²) in [5.41, 5.74) is 3.18. The molecule has 1 aromatic heterocycles. The minimum absolute atomic E-state index is 0. The standard InChI is InChI=1S/C8H7ClNS.HI/c1-10-5-11-7-4-2-3-6(9)8(7)10;/h2-5H,1H3;1H/q+1;/p-1. The van der Waals surface area contributed by atoms with E-state index in [9.17, 15) is 0 Å². The van der Waals surface area contributed by atoms with Gasteiger partial charge in [0.15, 0.2) is 0 Å². The van der Waals surface area contributed by atoms with Crippen LogP contribution in [0.2, 0.25) is 5.02 Å². The second-order valence-electron chi connectivity index (χ2n) is 2.42. The molecule has 0 radical (unpaired) electrons. The number of fused-ring (bicyclic) bond motifs is 1. The summed E-state index contributed by atoms with van der Waals surface area (Å²) in [6, 6.07) is 5.96. The van der Waals surface area contributed by atoms with Crippen molar-refractivity contribution in [2.75, 3.05) is 0 Å². The molecule has 4 heteroatoms. The molecule has 0 N–H and O–H groups in total. The third-order valence-electron chi connectivity index (χ3n) is 1.64. The topological polar surface area (TPSA) is 3.88 Å². The molecule has 0 aliphatic carbocycles. The Balaban J connectivity index is 0.000000720. The number of aryl methyl sites for hydroxylation is 1. The monoisotopic (exact) mass is 311 g/mol. The first kappa shape index (κ1) is 10.2. The average Bonchev–Trinajstić information content (AvgIpc) is 2.34. The van der Waals surface area contributed by atoms with E-state index < -0.39 is 0 Å². The second kappa shape index (κ2) is 3.89. The summed E-state index contributed by atoms with van der Waals surface area (Å²) in [4.78, 5) is 0. The molecule has 0 unspecified atom stereocenters. The lowest BCUT2D eigenvalue weighted by atomic mass is 10.3. The summed E-state index contributed by atoms with van der Waals surface area (Å²) in [5, 5.41) is 0.825. The maximum Gasteiger partial charge on any atom is 0.242 e. The van der Waals surface area contributed by atoms with Gasteiger partial charge >= 0.3 is 0 Å². The predicted octanol–water partition coefficient (Wildman–Crippen LogP) is -0.617. The van der Waals surface area contributed by atoms with Crippen molar-refractivity contribution in [3.05, 3.63) is 28.7 Å². The van der Waals surface area contributed by atoms with E-state index in [0.29, 0.717) is 0 Å². The first-order valence-corrected chi connectivity index (χ1v) is 4.56. The van der Waals surface area contributed by atoms with Crippen molar-refractivity contribution in [1.82, 2.24) is 0 Å². The van der Waals surface area contributed by atoms with Crippen molar-refractivity contribution in [2.24, 2.45) is 7.05 Å². The van der Waals surface area contributed by atoms with E-state index in [2.05, 4.69) is 11.6 Å². The van der Waals surface area contributed by atoms with Crippen LogP contribution in [0.3, 0.4) is 0 Å². The van der Waals surface area contributed by atoms with Crippen molar-refractivity contribution >= 4 is 33.2 Å². The Hall–Kier alpha value is 0.130. The minimum atomic E-state index is 0. The van der Waals surface area contributed by atoms with Gasteiger partial charge in [0.2, 0.25) is 11.0 Å². The Morgan fingerprint density at radius 1 is 1.42 bits per heavy atom. The Bertz CT molecular complexity index is 399. The highest BCUT2D eigenvalue weighted by Crippen LogP contribution is 2.22. The molecule has 64 valence electrons. The van der Waals surface area contributed by atoms with Crippen molar-refractivity contribution in [3.8, 4) is 0 Å². The highest BCUT2D eigenvalue weighted by atomic mass is 127. The number of halogens is 2. The second-order valence-corrected chi connectivity index (χ2v) is 3.71. The van der Waals surface area contributed by atoms with Crippen LogP contribution in [0.15, 0.2) is 23.7 Å². The van der Waals surface area contributed by atoms with E-state index in [1.54, 1.807) is 11.3 Å². The van der Waals surface area contributed by atoms with Crippen molar-refractivity contribution in [2.45, 2.75) is 0 Å². The van der Waals surface area contributed by atoms with Crippen LogP contribution < -0.4 is 28.5 Å². The molecule has 0 amide bonds. The van der Waals surface area contributed by atoms with Crippen LogP contribution in [0.25, 0.3) is 10.2 Å². The smallest absolute Gasteiger partial charge is 0.242 e. The van der Waals surface area contributed by atoms with Gasteiger partial charge in [-0.05, 0) is 12.1 Å². The SMILES string of the molecule is C[n+]1csc2cccc(Cl)c21.[I-]. The summed E-state index contributed by atoms with van der Waals surface area (Å²) in [5.74, 6) is 0. The van der Waals surface area contributed by atoms with Crippen molar-refractivity contribution in [1.29, 1.82) is 0 Å². The van der Waals surface area contributed by atoms with Crippen molar-refractivity contribution < 1.29 is 28.5 Å². The van der Waals surface area contributed by atoms with Gasteiger partial charge in [0.25, 0.3) is 0 Å². The van der Waals surface area contributed by atoms with E-state index in [4.69, 9.17) is 11.6 Å². The van der Waals surface area contributed by atoms with Gasteiger partial charge < -0.3 is 24.0 Å². The number of hydrogen-bond donors (Lipinski definition) is 0. The zero-order chi connectivity index (χ0) is 7.84. The number of benzene rings is 1. The molecule has 12 heavy (non-hydrogen) atoms. The fraction of sp³-hybridized carbons (Fsp3) is 0.125. The van der Waals surface area contributed by atoms with Crippen LogP contribution in [0.1, 0.15) is 0 Å². The third-order valence-corrected chi connectivity index (χ3v) is 2.95. The Morgan fingerprint density at radius 3 is 2.83 bits per heavy atom. The molecule has 0 atom stereocenters. The molecule has 1 nitrogen and oxygen atoms in total. The largest absolute Gasteiger partial charge is 1.00 e. The molecular weight excluding hydrogens is 305 g/mol. The summed E-state index contributed by atoms with van der Waals surface area (Å²) in [6.45, 7) is 0. The van der Waals surface area contributed by atoms with Crippen molar-refractivity contribution in [3.63, 3.8) is 0 Å². The van der Waals surface area contributed by atoms with Crippen LogP contribution in [0, 0.1) is 0 Å². The fourth-order valence-electron chi connectivity index (χ4n) is 1.12. The lowest BCUT2D eigenvalue weighted by Crippen LogP contribution is -3.00. The van der Waals surface area contributed by atoms with Gasteiger partial charge in [-0.25, -0.2) is 0 Å². The molecule has 0 saturated heterocycles. The van der Waals surface area contributed by atoms with Gasteiger partial charge in [-0.3, -0.25) is 0 Å². The number of aromatic nitrogens is 1. The Morgan fingerprint density at radius 2 is 2.17 bits per heavy atom. The van der Waals surface area contributed by atoms with Gasteiger partial charge in [-0.1, -0.05) is 29.0 Å². The van der Waals surface area contributed by atoms with Gasteiger partial charge in [0.05, 0.1) is 0 Å². The number of hydrogen-bond acceptors (Lipinski definition) is 1. The lowest BCUT2D eigenvalue weighted by Gasteiger charge is -1.87. The zero-order valence-electron chi connectivity index (χ0n) is 6.42. The minimum Gasteiger partial charge on any atom is -1.00 e. The molecule has 0 aliphatic rings. The van der Waals surface area contributed by atoms with Crippen LogP contribution in [0.5, 0.6) is 0 Å². The molecule has 1 aromatic carbocycles. The van der Waals surface area contributed by atoms with E-state index in [0.717, 1.165) is 10.5 Å². The first-order chi connectivity index (χ1) is 5.29. The normalized spacial score (nSPS) is 9.83. The van der Waals surface area contributed by atoms with Gasteiger partial charge in [-0.2, -0.15) is 4.57 Å². The summed E-state index contributed by atoms with van der Waals surface area (Å²) in [6.07, 6.45) is 0. The van der Waals surface area contributed by atoms with Crippen LogP contribution >= 0.6 is 22.9 Å². The zero-order valence-corrected chi connectivity index (χ0v) is 10.2. The maximum absolute atomic E-state index is 5.99. The van der Waals surface area contributed by atoms with E-state index in [1.807, 2.05) is 23.7 Å². The van der Waals surface area contributed by atoms with E-state index in [-0.39, 0.29) is 24.0 Å². The average molecular weight is 312 g/mol. The van der Waals surface area contributed by atoms with Gasteiger partial charge in [0, 0.05) is 0 Å². The third kappa shape index (κ3) is 1.58. The summed E-state index contributed by atoms with van der Waals surface area (Å²) >= 11 is 7.70. The number of thiazole rings is 1. The van der Waals surface area contributed by atoms with Crippen LogP contribution in [-0.4, -0.2) is 0 Å².